The van der Waals surface area contributed by atoms with Crippen molar-refractivity contribution in [1.82, 2.24) is 4.90 Å². The van der Waals surface area contributed by atoms with E-state index in [9.17, 15) is 9.90 Å². The normalized spacial score (nSPS) is 21.6. The summed E-state index contributed by atoms with van der Waals surface area (Å²) in [7, 11) is 0. The number of rotatable bonds is 5. The van der Waals surface area contributed by atoms with E-state index in [4.69, 9.17) is 0 Å². The van der Waals surface area contributed by atoms with E-state index in [0.29, 0.717) is 13.0 Å². The molecule has 0 aliphatic carbocycles. The van der Waals surface area contributed by atoms with Gasteiger partial charge in [0.15, 0.2) is 0 Å². The van der Waals surface area contributed by atoms with Crippen molar-refractivity contribution in [3.8, 4) is 0 Å². The predicted molar refractivity (Wildman–Crippen MR) is 85.0 cm³/mol. The lowest BCUT2D eigenvalue weighted by molar-refractivity contribution is -0.134. The number of piperidine rings is 1. The van der Waals surface area contributed by atoms with Crippen molar-refractivity contribution in [2.75, 3.05) is 13.1 Å². The van der Waals surface area contributed by atoms with Crippen LogP contribution in [-0.2, 0) is 4.79 Å². The molecule has 1 amide bonds. The quantitative estimate of drug-likeness (QED) is 0.846. The van der Waals surface area contributed by atoms with Gasteiger partial charge in [0, 0.05) is 31.3 Å². The Hall–Kier alpha value is -1.61. The Morgan fingerprint density at radius 1 is 1.48 bits per heavy atom. The Kier molecular flexibility index (Phi) is 5.57. The SMILES string of the molecule is C=CC(CC(=O)N1CCCC(C(C)O)C1)c1ccccc1. The minimum Gasteiger partial charge on any atom is -0.393 e. The van der Waals surface area contributed by atoms with Crippen LogP contribution in [0.25, 0.3) is 0 Å². The Morgan fingerprint density at radius 2 is 2.19 bits per heavy atom. The summed E-state index contributed by atoms with van der Waals surface area (Å²) in [6.45, 7) is 7.16. The second-order valence-corrected chi connectivity index (χ2v) is 5.94. The first-order valence-electron chi connectivity index (χ1n) is 7.75. The fraction of sp³-hybridized carbons (Fsp3) is 0.500. The molecule has 3 atom stereocenters. The second kappa shape index (κ2) is 7.41. The van der Waals surface area contributed by atoms with Gasteiger partial charge in [0.2, 0.25) is 5.91 Å². The highest BCUT2D eigenvalue weighted by Gasteiger charge is 2.27. The van der Waals surface area contributed by atoms with Crippen LogP contribution in [0.1, 0.15) is 37.7 Å². The number of hydrogen-bond acceptors (Lipinski definition) is 2. The van der Waals surface area contributed by atoms with E-state index in [1.54, 1.807) is 0 Å². The van der Waals surface area contributed by atoms with Crippen molar-refractivity contribution >= 4 is 5.91 Å². The molecule has 0 radical (unpaired) electrons. The van der Waals surface area contributed by atoms with Gasteiger partial charge >= 0.3 is 0 Å². The zero-order valence-electron chi connectivity index (χ0n) is 12.7. The Morgan fingerprint density at radius 3 is 2.81 bits per heavy atom. The summed E-state index contributed by atoms with van der Waals surface area (Å²) in [4.78, 5) is 14.4. The van der Waals surface area contributed by atoms with Gasteiger partial charge in [0.1, 0.15) is 0 Å². The van der Waals surface area contributed by atoms with E-state index >= 15 is 0 Å². The van der Waals surface area contributed by atoms with Crippen LogP contribution in [0.5, 0.6) is 0 Å². The molecule has 3 heteroatoms. The molecule has 1 aliphatic rings. The summed E-state index contributed by atoms with van der Waals surface area (Å²) < 4.78 is 0. The molecule has 3 nitrogen and oxygen atoms in total. The summed E-state index contributed by atoms with van der Waals surface area (Å²) in [6.07, 6.45) is 3.95. The smallest absolute Gasteiger partial charge is 0.223 e. The van der Waals surface area contributed by atoms with Gasteiger partial charge < -0.3 is 10.0 Å². The predicted octanol–water partition coefficient (Wildman–Crippen LogP) is 2.97. The maximum Gasteiger partial charge on any atom is 0.223 e. The van der Waals surface area contributed by atoms with E-state index in [0.717, 1.165) is 24.9 Å². The summed E-state index contributed by atoms with van der Waals surface area (Å²) in [5.41, 5.74) is 1.13. The molecule has 1 fully saturated rings. The van der Waals surface area contributed by atoms with Crippen LogP contribution in [0.15, 0.2) is 43.0 Å². The lowest BCUT2D eigenvalue weighted by Gasteiger charge is -2.34. The fourth-order valence-corrected chi connectivity index (χ4v) is 2.98. The lowest BCUT2D eigenvalue weighted by Crippen LogP contribution is -2.43. The van der Waals surface area contributed by atoms with Crippen molar-refractivity contribution < 1.29 is 9.90 Å². The molecule has 0 aromatic heterocycles. The molecule has 1 aromatic carbocycles. The first-order valence-corrected chi connectivity index (χ1v) is 7.75. The standard InChI is InChI=1S/C18H25NO2/c1-3-15(16-8-5-4-6-9-16)12-18(21)19-11-7-10-17(13-19)14(2)20/h3-6,8-9,14-15,17,20H,1,7,10-13H2,2H3. The Balaban J connectivity index is 1.98. The van der Waals surface area contributed by atoms with E-state index < -0.39 is 0 Å². The van der Waals surface area contributed by atoms with Gasteiger partial charge in [0.25, 0.3) is 0 Å². The van der Waals surface area contributed by atoms with E-state index in [1.165, 1.54) is 0 Å². The molecule has 1 aromatic rings. The van der Waals surface area contributed by atoms with Gasteiger partial charge in [-0.05, 0) is 25.3 Å². The Labute approximate surface area is 127 Å². The van der Waals surface area contributed by atoms with Gasteiger partial charge in [0.05, 0.1) is 6.10 Å². The topological polar surface area (TPSA) is 40.5 Å². The van der Waals surface area contributed by atoms with E-state index in [2.05, 4.69) is 6.58 Å². The highest BCUT2D eigenvalue weighted by Crippen LogP contribution is 2.25. The molecule has 1 heterocycles. The fourth-order valence-electron chi connectivity index (χ4n) is 2.98. The molecule has 0 spiro atoms. The molecule has 1 aliphatic heterocycles. The van der Waals surface area contributed by atoms with Gasteiger partial charge in [-0.1, -0.05) is 36.4 Å². The Bertz CT molecular complexity index is 469. The molecular weight excluding hydrogens is 262 g/mol. The number of amides is 1. The number of aliphatic hydroxyl groups is 1. The van der Waals surface area contributed by atoms with Gasteiger partial charge in [-0.3, -0.25) is 4.79 Å². The van der Waals surface area contributed by atoms with Gasteiger partial charge in [-0.2, -0.15) is 0 Å². The summed E-state index contributed by atoms with van der Waals surface area (Å²) in [5.74, 6) is 0.432. The van der Waals surface area contributed by atoms with Crippen LogP contribution in [0.2, 0.25) is 0 Å². The van der Waals surface area contributed by atoms with Crippen LogP contribution in [-0.4, -0.2) is 35.1 Å². The van der Waals surface area contributed by atoms with Crippen molar-refractivity contribution in [2.24, 2.45) is 5.92 Å². The van der Waals surface area contributed by atoms with Crippen LogP contribution in [0, 0.1) is 5.92 Å². The number of nitrogens with zero attached hydrogens (tertiary/aromatic N) is 1. The van der Waals surface area contributed by atoms with E-state index in [-0.39, 0.29) is 23.8 Å². The molecule has 0 bridgehead atoms. The minimum atomic E-state index is -0.343. The molecule has 21 heavy (non-hydrogen) atoms. The maximum absolute atomic E-state index is 12.5. The molecule has 1 N–H and O–H groups in total. The number of allylic oxidation sites excluding steroid dienone is 1. The van der Waals surface area contributed by atoms with Crippen LogP contribution in [0.3, 0.4) is 0 Å². The first kappa shape index (κ1) is 15.8. The number of likely N-dealkylation sites (tertiary alicyclic amines) is 1. The molecule has 1 saturated heterocycles. The van der Waals surface area contributed by atoms with Crippen molar-refractivity contribution in [3.05, 3.63) is 48.6 Å². The zero-order valence-corrected chi connectivity index (χ0v) is 12.7. The third kappa shape index (κ3) is 4.18. The first-order chi connectivity index (χ1) is 10.1. The highest BCUT2D eigenvalue weighted by molar-refractivity contribution is 5.77. The third-order valence-corrected chi connectivity index (χ3v) is 4.40. The summed E-state index contributed by atoms with van der Waals surface area (Å²) in [6, 6.07) is 10.0. The monoisotopic (exact) mass is 287 g/mol. The molecule has 114 valence electrons. The van der Waals surface area contributed by atoms with Crippen LogP contribution < -0.4 is 0 Å². The third-order valence-electron chi connectivity index (χ3n) is 4.40. The second-order valence-electron chi connectivity index (χ2n) is 5.94. The van der Waals surface area contributed by atoms with Crippen molar-refractivity contribution in [3.63, 3.8) is 0 Å². The number of carbonyl (C=O) groups excluding carboxylic acids is 1. The lowest BCUT2D eigenvalue weighted by atomic mass is 9.91. The van der Waals surface area contributed by atoms with Gasteiger partial charge in [-0.25, -0.2) is 0 Å². The van der Waals surface area contributed by atoms with Crippen LogP contribution in [0.4, 0.5) is 0 Å². The average molecular weight is 287 g/mol. The number of benzene rings is 1. The zero-order chi connectivity index (χ0) is 15.2. The van der Waals surface area contributed by atoms with Gasteiger partial charge in [-0.15, -0.1) is 6.58 Å². The van der Waals surface area contributed by atoms with Crippen molar-refractivity contribution in [1.29, 1.82) is 0 Å². The van der Waals surface area contributed by atoms with Crippen LogP contribution >= 0.6 is 0 Å². The maximum atomic E-state index is 12.5. The minimum absolute atomic E-state index is 0.0608. The average Bonchev–Trinajstić information content (AvgIpc) is 2.53. The molecule has 2 rings (SSSR count). The summed E-state index contributed by atoms with van der Waals surface area (Å²) in [5, 5.41) is 9.73. The molecule has 3 unspecified atom stereocenters. The number of aliphatic hydroxyl groups excluding tert-OH is 1. The van der Waals surface area contributed by atoms with E-state index in [1.807, 2.05) is 48.2 Å². The van der Waals surface area contributed by atoms with Crippen molar-refractivity contribution in [2.45, 2.75) is 38.2 Å². The number of hydrogen-bond donors (Lipinski definition) is 1. The number of carbonyl (C=O) groups is 1. The molecular formula is C18H25NO2. The molecule has 0 saturated carbocycles. The summed E-state index contributed by atoms with van der Waals surface area (Å²) >= 11 is 0. The largest absolute Gasteiger partial charge is 0.393 e. The highest BCUT2D eigenvalue weighted by atomic mass is 16.3.